The van der Waals surface area contributed by atoms with Crippen molar-refractivity contribution in [2.75, 3.05) is 39.1 Å². The Morgan fingerprint density at radius 3 is 2.44 bits per heavy atom. The second kappa shape index (κ2) is 9.75. The lowest BCUT2D eigenvalue weighted by Crippen LogP contribution is -2.39. The largest absolute Gasteiger partial charge is 0.497 e. The van der Waals surface area contributed by atoms with Crippen molar-refractivity contribution in [2.24, 2.45) is 0 Å². The molecule has 0 aliphatic carbocycles. The zero-order chi connectivity index (χ0) is 22.6. The van der Waals surface area contributed by atoms with Crippen LogP contribution >= 0.6 is 0 Å². The maximum Gasteiger partial charge on any atom is 0.287 e. The van der Waals surface area contributed by atoms with Crippen LogP contribution in [0.4, 0.5) is 0 Å². The maximum atomic E-state index is 13.1. The number of hydrogen-bond acceptors (Lipinski definition) is 6. The third-order valence-corrected chi connectivity index (χ3v) is 7.64. The zero-order valence-electron chi connectivity index (χ0n) is 18.1. The van der Waals surface area contributed by atoms with Gasteiger partial charge in [-0.1, -0.05) is 42.5 Å². The van der Waals surface area contributed by atoms with Gasteiger partial charge >= 0.3 is 0 Å². The standard InChI is InChI=1S/C24H28N2O5S/c1-30-20-11-9-18(10-12-20)21(26-13-5-6-14-26)17-25-24(27)22-23(19-7-3-2-4-8-19)32(28,29)16-15-31-22/h2-4,7-12,21H,5-6,13-17H2,1H3,(H,25,27). The second-order valence-electron chi connectivity index (χ2n) is 7.93. The normalized spacial score (nSPS) is 19.3. The first-order valence-corrected chi connectivity index (χ1v) is 12.5. The van der Waals surface area contributed by atoms with Crippen LogP contribution in [0.3, 0.4) is 0 Å². The molecule has 0 bridgehead atoms. The highest BCUT2D eigenvalue weighted by atomic mass is 32.2. The molecule has 7 nitrogen and oxygen atoms in total. The Bertz CT molecular complexity index is 1080. The number of carbonyl (C=O) groups excluding carboxylic acids is 1. The van der Waals surface area contributed by atoms with E-state index in [1.165, 1.54) is 0 Å². The Morgan fingerprint density at radius 1 is 1.09 bits per heavy atom. The van der Waals surface area contributed by atoms with E-state index in [1.54, 1.807) is 37.4 Å². The van der Waals surface area contributed by atoms with E-state index in [0.717, 1.165) is 37.2 Å². The molecule has 0 radical (unpaired) electrons. The third kappa shape index (κ3) is 4.81. The molecule has 2 aromatic carbocycles. The van der Waals surface area contributed by atoms with Crippen LogP contribution in [0.2, 0.25) is 0 Å². The number of amides is 1. The lowest BCUT2D eigenvalue weighted by atomic mass is 10.1. The van der Waals surface area contributed by atoms with Gasteiger partial charge in [-0.15, -0.1) is 0 Å². The Labute approximate surface area is 188 Å². The monoisotopic (exact) mass is 456 g/mol. The molecule has 2 aromatic rings. The molecular weight excluding hydrogens is 428 g/mol. The fraction of sp³-hybridized carbons (Fsp3) is 0.375. The van der Waals surface area contributed by atoms with Crippen LogP contribution in [0.15, 0.2) is 60.4 Å². The molecule has 32 heavy (non-hydrogen) atoms. The molecule has 2 heterocycles. The smallest absolute Gasteiger partial charge is 0.287 e. The van der Waals surface area contributed by atoms with E-state index in [-0.39, 0.29) is 29.1 Å². The third-order valence-electron chi connectivity index (χ3n) is 5.90. The number of carbonyl (C=O) groups is 1. The summed E-state index contributed by atoms with van der Waals surface area (Å²) in [4.78, 5) is 15.4. The molecule has 1 fully saturated rings. The zero-order valence-corrected chi connectivity index (χ0v) is 18.9. The molecule has 0 saturated carbocycles. The number of benzene rings is 2. The molecular formula is C24H28N2O5S. The number of likely N-dealkylation sites (tertiary alicyclic amines) is 1. The highest BCUT2D eigenvalue weighted by Gasteiger charge is 2.34. The van der Waals surface area contributed by atoms with Gasteiger partial charge in [-0.2, -0.15) is 0 Å². The van der Waals surface area contributed by atoms with Gasteiger partial charge in [-0.3, -0.25) is 9.69 Å². The lowest BCUT2D eigenvalue weighted by Gasteiger charge is -2.29. The van der Waals surface area contributed by atoms with Gasteiger partial charge in [0.1, 0.15) is 17.3 Å². The number of nitrogens with one attached hydrogen (secondary N) is 1. The van der Waals surface area contributed by atoms with E-state index in [1.807, 2.05) is 24.3 Å². The number of hydrogen-bond donors (Lipinski definition) is 1. The van der Waals surface area contributed by atoms with Crippen molar-refractivity contribution in [3.05, 3.63) is 71.5 Å². The van der Waals surface area contributed by atoms with Crippen LogP contribution < -0.4 is 10.1 Å². The van der Waals surface area contributed by atoms with Crippen molar-refractivity contribution in [3.63, 3.8) is 0 Å². The molecule has 0 aromatic heterocycles. The van der Waals surface area contributed by atoms with E-state index >= 15 is 0 Å². The highest BCUT2D eigenvalue weighted by Crippen LogP contribution is 2.31. The van der Waals surface area contributed by atoms with Gasteiger partial charge in [0.15, 0.2) is 9.84 Å². The minimum Gasteiger partial charge on any atom is -0.497 e. The van der Waals surface area contributed by atoms with Gasteiger partial charge in [-0.05, 0) is 49.2 Å². The minimum atomic E-state index is -3.62. The van der Waals surface area contributed by atoms with Crippen LogP contribution in [0.1, 0.15) is 30.0 Å². The van der Waals surface area contributed by atoms with Crippen LogP contribution in [-0.2, 0) is 19.4 Å². The lowest BCUT2D eigenvalue weighted by molar-refractivity contribution is -0.121. The Morgan fingerprint density at radius 2 is 1.78 bits per heavy atom. The van der Waals surface area contributed by atoms with E-state index in [9.17, 15) is 13.2 Å². The second-order valence-corrected chi connectivity index (χ2v) is 9.98. The fourth-order valence-electron chi connectivity index (χ4n) is 4.24. The molecule has 1 saturated heterocycles. The van der Waals surface area contributed by atoms with E-state index in [0.29, 0.717) is 12.1 Å². The molecule has 8 heteroatoms. The molecule has 170 valence electrons. The van der Waals surface area contributed by atoms with Crippen molar-refractivity contribution in [1.29, 1.82) is 0 Å². The van der Waals surface area contributed by atoms with Gasteiger partial charge in [0.2, 0.25) is 5.76 Å². The first-order valence-electron chi connectivity index (χ1n) is 10.8. The number of nitrogens with zero attached hydrogens (tertiary/aromatic N) is 1. The van der Waals surface area contributed by atoms with Gasteiger partial charge < -0.3 is 14.8 Å². The molecule has 2 aliphatic heterocycles. The van der Waals surface area contributed by atoms with Crippen molar-refractivity contribution >= 4 is 20.6 Å². The minimum absolute atomic E-state index is 0.0201. The van der Waals surface area contributed by atoms with Crippen LogP contribution in [0, 0.1) is 0 Å². The van der Waals surface area contributed by atoms with Gasteiger partial charge in [0.05, 0.1) is 18.9 Å². The van der Waals surface area contributed by atoms with Crippen LogP contribution in [0.25, 0.3) is 4.91 Å². The van der Waals surface area contributed by atoms with Crippen molar-refractivity contribution in [1.82, 2.24) is 10.2 Å². The summed E-state index contributed by atoms with van der Waals surface area (Å²) >= 11 is 0. The van der Waals surface area contributed by atoms with E-state index in [2.05, 4.69) is 10.2 Å². The summed E-state index contributed by atoms with van der Waals surface area (Å²) in [5, 5.41) is 2.93. The van der Waals surface area contributed by atoms with Crippen molar-refractivity contribution in [3.8, 4) is 5.75 Å². The highest BCUT2D eigenvalue weighted by molar-refractivity contribution is 8.00. The summed E-state index contributed by atoms with van der Waals surface area (Å²) in [6.45, 7) is 2.22. The number of methoxy groups -OCH3 is 1. The average molecular weight is 457 g/mol. The summed E-state index contributed by atoms with van der Waals surface area (Å²) < 4.78 is 36.4. The van der Waals surface area contributed by atoms with Crippen molar-refractivity contribution in [2.45, 2.75) is 18.9 Å². The summed E-state index contributed by atoms with van der Waals surface area (Å²) in [5.74, 6) is -0.00499. The summed E-state index contributed by atoms with van der Waals surface area (Å²) in [7, 11) is -1.99. The first kappa shape index (κ1) is 22.4. The molecule has 1 unspecified atom stereocenters. The van der Waals surface area contributed by atoms with E-state index in [4.69, 9.17) is 9.47 Å². The topological polar surface area (TPSA) is 84.9 Å². The fourth-order valence-corrected chi connectivity index (χ4v) is 5.67. The van der Waals surface area contributed by atoms with Gasteiger partial charge in [0.25, 0.3) is 5.91 Å². The first-order chi connectivity index (χ1) is 15.5. The van der Waals surface area contributed by atoms with Crippen LogP contribution in [0.5, 0.6) is 5.75 Å². The van der Waals surface area contributed by atoms with Crippen LogP contribution in [-0.4, -0.2) is 58.3 Å². The predicted molar refractivity (Wildman–Crippen MR) is 123 cm³/mol. The predicted octanol–water partition coefficient (Wildman–Crippen LogP) is 2.76. The van der Waals surface area contributed by atoms with Crippen molar-refractivity contribution < 1.29 is 22.7 Å². The maximum absolute atomic E-state index is 13.1. The summed E-state index contributed by atoms with van der Waals surface area (Å²) in [6.07, 6.45) is 2.23. The SMILES string of the molecule is COc1ccc(C(CNC(=O)C2=C(c3ccccc3)S(=O)(=O)CCO2)N2CCCC2)cc1. The molecule has 1 atom stereocenters. The molecule has 2 aliphatic rings. The van der Waals surface area contributed by atoms with Gasteiger partial charge in [0, 0.05) is 6.54 Å². The molecule has 1 N–H and O–H groups in total. The molecule has 0 spiro atoms. The Kier molecular flexibility index (Phi) is 6.81. The Hall–Kier alpha value is -2.84. The molecule has 4 rings (SSSR count). The van der Waals surface area contributed by atoms with Gasteiger partial charge in [-0.25, -0.2) is 8.42 Å². The Balaban J connectivity index is 1.59. The molecule has 1 amide bonds. The quantitative estimate of drug-likeness (QED) is 0.690. The average Bonchev–Trinajstić information content (AvgIpc) is 3.34. The summed E-state index contributed by atoms with van der Waals surface area (Å²) in [6, 6.07) is 16.5. The number of ether oxygens (including phenoxy) is 2. The number of rotatable bonds is 7. The number of sulfone groups is 1. The summed E-state index contributed by atoms with van der Waals surface area (Å²) in [5.41, 5.74) is 1.53. The van der Waals surface area contributed by atoms with E-state index < -0.39 is 15.7 Å².